The zero-order valence-electron chi connectivity index (χ0n) is 15.5. The standard InChI is InChI=1S/C19H28N4S/c1-13-7-9-16(10-8-13)19(4,5)12-22-18(20-6)21-11-17-14(2)23-15(3)24-17/h7-10H,11-12H2,1-6H3,(H2,20,21,22). The van der Waals surface area contributed by atoms with Gasteiger partial charge in [0.05, 0.1) is 17.2 Å². The van der Waals surface area contributed by atoms with Gasteiger partial charge in [0.1, 0.15) is 0 Å². The van der Waals surface area contributed by atoms with Crippen LogP contribution in [0.25, 0.3) is 0 Å². The summed E-state index contributed by atoms with van der Waals surface area (Å²) in [5.41, 5.74) is 3.74. The fraction of sp³-hybridized carbons (Fsp3) is 0.474. The summed E-state index contributed by atoms with van der Waals surface area (Å²) in [4.78, 5) is 10.1. The Labute approximate surface area is 149 Å². The van der Waals surface area contributed by atoms with Crippen molar-refractivity contribution in [1.29, 1.82) is 0 Å². The van der Waals surface area contributed by atoms with Crippen LogP contribution in [-0.4, -0.2) is 24.5 Å². The molecule has 1 heterocycles. The molecule has 0 saturated heterocycles. The molecule has 2 rings (SSSR count). The van der Waals surface area contributed by atoms with E-state index in [9.17, 15) is 0 Å². The van der Waals surface area contributed by atoms with E-state index in [2.05, 4.69) is 72.6 Å². The average molecular weight is 345 g/mol. The van der Waals surface area contributed by atoms with Crippen LogP contribution >= 0.6 is 11.3 Å². The van der Waals surface area contributed by atoms with Crippen molar-refractivity contribution < 1.29 is 0 Å². The van der Waals surface area contributed by atoms with Gasteiger partial charge in [0.2, 0.25) is 0 Å². The second-order valence-corrected chi connectivity index (χ2v) is 8.06. The number of thiazole rings is 1. The predicted octanol–water partition coefficient (Wildman–Crippen LogP) is 3.71. The van der Waals surface area contributed by atoms with Gasteiger partial charge in [0, 0.05) is 23.9 Å². The highest BCUT2D eigenvalue weighted by Gasteiger charge is 2.20. The van der Waals surface area contributed by atoms with Crippen molar-refractivity contribution in [2.45, 2.75) is 46.6 Å². The predicted molar refractivity (Wildman–Crippen MR) is 104 cm³/mol. The van der Waals surface area contributed by atoms with Crippen LogP contribution in [0.3, 0.4) is 0 Å². The van der Waals surface area contributed by atoms with Gasteiger partial charge in [-0.3, -0.25) is 4.99 Å². The van der Waals surface area contributed by atoms with Gasteiger partial charge in [-0.25, -0.2) is 4.98 Å². The van der Waals surface area contributed by atoms with Crippen LogP contribution in [0.15, 0.2) is 29.3 Å². The van der Waals surface area contributed by atoms with Crippen molar-refractivity contribution in [3.05, 3.63) is 51.0 Å². The molecule has 4 nitrogen and oxygen atoms in total. The van der Waals surface area contributed by atoms with Crippen LogP contribution in [0.1, 0.15) is 40.6 Å². The van der Waals surface area contributed by atoms with Gasteiger partial charge in [0.15, 0.2) is 5.96 Å². The molecule has 0 atom stereocenters. The van der Waals surface area contributed by atoms with Crippen molar-refractivity contribution in [1.82, 2.24) is 15.6 Å². The lowest BCUT2D eigenvalue weighted by Crippen LogP contribution is -2.43. The number of aryl methyl sites for hydroxylation is 3. The SMILES string of the molecule is CN=C(NCc1sc(C)nc1C)NCC(C)(C)c1ccc(C)cc1. The minimum atomic E-state index is 0.0301. The first-order chi connectivity index (χ1) is 11.3. The second-order valence-electron chi connectivity index (χ2n) is 6.77. The molecule has 0 saturated carbocycles. The van der Waals surface area contributed by atoms with E-state index in [0.29, 0.717) is 0 Å². The van der Waals surface area contributed by atoms with E-state index in [-0.39, 0.29) is 5.41 Å². The minimum absolute atomic E-state index is 0.0301. The lowest BCUT2D eigenvalue weighted by atomic mass is 9.84. The Morgan fingerprint density at radius 2 is 1.79 bits per heavy atom. The number of nitrogens with one attached hydrogen (secondary N) is 2. The van der Waals surface area contributed by atoms with Crippen molar-refractivity contribution in [2.24, 2.45) is 4.99 Å². The molecule has 0 radical (unpaired) electrons. The average Bonchev–Trinajstić information content (AvgIpc) is 2.85. The van der Waals surface area contributed by atoms with Gasteiger partial charge >= 0.3 is 0 Å². The first-order valence-corrected chi connectivity index (χ1v) is 9.08. The molecule has 2 aromatic rings. The Kier molecular flexibility index (Phi) is 5.99. The third-order valence-corrected chi connectivity index (χ3v) is 5.24. The zero-order valence-corrected chi connectivity index (χ0v) is 16.3. The van der Waals surface area contributed by atoms with Gasteiger partial charge in [-0.1, -0.05) is 43.7 Å². The Hall–Kier alpha value is -1.88. The molecule has 0 fully saturated rings. The van der Waals surface area contributed by atoms with E-state index in [0.717, 1.165) is 29.8 Å². The highest BCUT2D eigenvalue weighted by molar-refractivity contribution is 7.11. The fourth-order valence-electron chi connectivity index (χ4n) is 2.53. The molecule has 0 spiro atoms. The fourth-order valence-corrected chi connectivity index (χ4v) is 3.41. The maximum Gasteiger partial charge on any atom is 0.191 e. The number of nitrogens with zero attached hydrogens (tertiary/aromatic N) is 2. The smallest absolute Gasteiger partial charge is 0.191 e. The molecule has 130 valence electrons. The number of hydrogen-bond acceptors (Lipinski definition) is 3. The molecule has 0 aliphatic heterocycles. The summed E-state index contributed by atoms with van der Waals surface area (Å²) < 4.78 is 0. The maximum atomic E-state index is 4.47. The quantitative estimate of drug-likeness (QED) is 0.642. The number of aliphatic imine (C=N–C) groups is 1. The Bertz CT molecular complexity index is 699. The van der Waals surface area contributed by atoms with Gasteiger partial charge in [0.25, 0.3) is 0 Å². The summed E-state index contributed by atoms with van der Waals surface area (Å²) in [7, 11) is 1.80. The highest BCUT2D eigenvalue weighted by Crippen LogP contribution is 2.22. The summed E-state index contributed by atoms with van der Waals surface area (Å²) in [5, 5.41) is 7.93. The van der Waals surface area contributed by atoms with E-state index in [1.165, 1.54) is 16.0 Å². The van der Waals surface area contributed by atoms with Crippen LogP contribution in [0.5, 0.6) is 0 Å². The largest absolute Gasteiger partial charge is 0.356 e. The summed E-state index contributed by atoms with van der Waals surface area (Å²) >= 11 is 1.73. The third-order valence-electron chi connectivity index (χ3n) is 4.17. The summed E-state index contributed by atoms with van der Waals surface area (Å²) in [6, 6.07) is 8.74. The van der Waals surface area contributed by atoms with E-state index in [4.69, 9.17) is 0 Å². The topological polar surface area (TPSA) is 49.3 Å². The van der Waals surface area contributed by atoms with Gasteiger partial charge < -0.3 is 10.6 Å². The van der Waals surface area contributed by atoms with Gasteiger partial charge in [-0.2, -0.15) is 0 Å². The van der Waals surface area contributed by atoms with E-state index < -0.39 is 0 Å². The number of benzene rings is 1. The lowest BCUT2D eigenvalue weighted by molar-refractivity contribution is 0.508. The van der Waals surface area contributed by atoms with Crippen molar-refractivity contribution in [3.63, 3.8) is 0 Å². The maximum absolute atomic E-state index is 4.47. The second kappa shape index (κ2) is 7.79. The van der Waals surface area contributed by atoms with E-state index >= 15 is 0 Å². The van der Waals surface area contributed by atoms with Crippen LogP contribution in [0, 0.1) is 20.8 Å². The molecule has 5 heteroatoms. The van der Waals surface area contributed by atoms with Crippen molar-refractivity contribution >= 4 is 17.3 Å². The first kappa shape index (κ1) is 18.5. The van der Waals surface area contributed by atoms with Crippen molar-refractivity contribution in [3.8, 4) is 0 Å². The molecular formula is C19H28N4S. The highest BCUT2D eigenvalue weighted by atomic mass is 32.1. The van der Waals surface area contributed by atoms with Crippen LogP contribution in [0.2, 0.25) is 0 Å². The zero-order chi connectivity index (χ0) is 17.7. The summed E-state index contributed by atoms with van der Waals surface area (Å²) in [6.45, 7) is 12.3. The van der Waals surface area contributed by atoms with Crippen LogP contribution in [-0.2, 0) is 12.0 Å². The lowest BCUT2D eigenvalue weighted by Gasteiger charge is -2.27. The summed E-state index contributed by atoms with van der Waals surface area (Å²) in [5.74, 6) is 0.820. The van der Waals surface area contributed by atoms with Gasteiger partial charge in [-0.15, -0.1) is 11.3 Å². The van der Waals surface area contributed by atoms with Crippen LogP contribution < -0.4 is 10.6 Å². The molecule has 2 N–H and O–H groups in total. The minimum Gasteiger partial charge on any atom is -0.356 e. The number of hydrogen-bond donors (Lipinski definition) is 2. The van der Waals surface area contributed by atoms with Crippen molar-refractivity contribution in [2.75, 3.05) is 13.6 Å². The Morgan fingerprint density at radius 3 is 2.33 bits per heavy atom. The molecule has 0 aliphatic rings. The monoisotopic (exact) mass is 344 g/mol. The number of rotatable bonds is 5. The molecule has 24 heavy (non-hydrogen) atoms. The molecule has 0 bridgehead atoms. The first-order valence-electron chi connectivity index (χ1n) is 8.26. The number of aromatic nitrogens is 1. The van der Waals surface area contributed by atoms with Crippen LogP contribution in [0.4, 0.5) is 0 Å². The molecule has 1 aromatic heterocycles. The van der Waals surface area contributed by atoms with Gasteiger partial charge in [-0.05, 0) is 26.3 Å². The normalized spacial score (nSPS) is 12.3. The third kappa shape index (κ3) is 4.81. The molecule has 1 aromatic carbocycles. The number of guanidine groups is 1. The Morgan fingerprint density at radius 1 is 1.12 bits per heavy atom. The molecule has 0 amide bonds. The van der Waals surface area contributed by atoms with E-state index in [1.807, 2.05) is 6.92 Å². The summed E-state index contributed by atoms with van der Waals surface area (Å²) in [6.07, 6.45) is 0. The molecule has 0 aliphatic carbocycles. The molecular weight excluding hydrogens is 316 g/mol. The Balaban J connectivity index is 1.93. The molecule has 0 unspecified atom stereocenters. The van der Waals surface area contributed by atoms with E-state index in [1.54, 1.807) is 18.4 Å².